The molecule has 5 heteroatoms. The second-order valence-corrected chi connectivity index (χ2v) is 5.54. The van der Waals surface area contributed by atoms with E-state index in [0.717, 1.165) is 18.4 Å². The number of methoxy groups -OCH3 is 1. The van der Waals surface area contributed by atoms with Crippen molar-refractivity contribution < 1.29 is 14.3 Å². The van der Waals surface area contributed by atoms with Gasteiger partial charge in [0.2, 0.25) is 0 Å². The van der Waals surface area contributed by atoms with Crippen molar-refractivity contribution in [1.29, 1.82) is 0 Å². The van der Waals surface area contributed by atoms with Crippen LogP contribution < -0.4 is 20.5 Å². The molecule has 1 aliphatic rings. The minimum atomic E-state index is -0.0831. The molecule has 1 aromatic carbocycles. The SMILES string of the molecule is COc1cc(C(C)N)ccc1OCC(=O)NC1CCCC1. The lowest BCUT2D eigenvalue weighted by molar-refractivity contribution is -0.123. The molecule has 2 rings (SSSR count). The molecule has 1 unspecified atom stereocenters. The van der Waals surface area contributed by atoms with Crippen molar-refractivity contribution in [1.82, 2.24) is 5.32 Å². The molecule has 0 bridgehead atoms. The van der Waals surface area contributed by atoms with E-state index in [0.29, 0.717) is 17.5 Å². The molecule has 21 heavy (non-hydrogen) atoms. The van der Waals surface area contributed by atoms with Gasteiger partial charge in [0, 0.05) is 12.1 Å². The van der Waals surface area contributed by atoms with Gasteiger partial charge in [-0.05, 0) is 37.5 Å². The number of rotatable bonds is 6. The summed E-state index contributed by atoms with van der Waals surface area (Å²) < 4.78 is 10.8. The molecule has 116 valence electrons. The molecule has 0 radical (unpaired) electrons. The van der Waals surface area contributed by atoms with E-state index in [2.05, 4.69) is 5.32 Å². The van der Waals surface area contributed by atoms with Crippen molar-refractivity contribution in [2.75, 3.05) is 13.7 Å². The van der Waals surface area contributed by atoms with E-state index in [4.69, 9.17) is 15.2 Å². The van der Waals surface area contributed by atoms with Crippen LogP contribution in [0.3, 0.4) is 0 Å². The van der Waals surface area contributed by atoms with Gasteiger partial charge in [0.15, 0.2) is 18.1 Å². The summed E-state index contributed by atoms with van der Waals surface area (Å²) in [4.78, 5) is 11.9. The Labute approximate surface area is 125 Å². The third kappa shape index (κ3) is 4.36. The van der Waals surface area contributed by atoms with E-state index in [1.54, 1.807) is 13.2 Å². The first-order valence-corrected chi connectivity index (χ1v) is 7.46. The quantitative estimate of drug-likeness (QED) is 0.842. The first kappa shape index (κ1) is 15.6. The zero-order valence-electron chi connectivity index (χ0n) is 12.7. The lowest BCUT2D eigenvalue weighted by Crippen LogP contribution is -2.36. The average molecular weight is 292 g/mol. The summed E-state index contributed by atoms with van der Waals surface area (Å²) in [5.74, 6) is 1.07. The van der Waals surface area contributed by atoms with Gasteiger partial charge in [0.1, 0.15) is 0 Å². The Morgan fingerprint density at radius 3 is 2.71 bits per heavy atom. The fraction of sp³-hybridized carbons (Fsp3) is 0.562. The highest BCUT2D eigenvalue weighted by molar-refractivity contribution is 5.78. The van der Waals surface area contributed by atoms with Crippen LogP contribution in [0.1, 0.15) is 44.2 Å². The highest BCUT2D eigenvalue weighted by Gasteiger charge is 2.17. The molecule has 1 atom stereocenters. The van der Waals surface area contributed by atoms with Crippen LogP contribution in [0.15, 0.2) is 18.2 Å². The largest absolute Gasteiger partial charge is 0.493 e. The molecule has 1 aromatic rings. The average Bonchev–Trinajstić information content (AvgIpc) is 2.97. The number of carbonyl (C=O) groups excluding carboxylic acids is 1. The maximum Gasteiger partial charge on any atom is 0.258 e. The number of hydrogen-bond acceptors (Lipinski definition) is 4. The van der Waals surface area contributed by atoms with Crippen molar-refractivity contribution >= 4 is 5.91 Å². The summed E-state index contributed by atoms with van der Waals surface area (Å²) >= 11 is 0. The lowest BCUT2D eigenvalue weighted by Gasteiger charge is -2.15. The number of amides is 1. The Bertz CT molecular complexity index is 482. The predicted octanol–water partition coefficient (Wildman–Crippen LogP) is 2.15. The van der Waals surface area contributed by atoms with E-state index in [-0.39, 0.29) is 18.6 Å². The van der Waals surface area contributed by atoms with Gasteiger partial charge >= 0.3 is 0 Å². The second kappa shape index (κ2) is 7.31. The maximum atomic E-state index is 11.9. The van der Waals surface area contributed by atoms with E-state index in [9.17, 15) is 4.79 Å². The van der Waals surface area contributed by atoms with Gasteiger partial charge in [-0.2, -0.15) is 0 Å². The monoisotopic (exact) mass is 292 g/mol. The summed E-state index contributed by atoms with van der Waals surface area (Å²) in [5, 5.41) is 2.99. The highest BCUT2D eigenvalue weighted by atomic mass is 16.5. The summed E-state index contributed by atoms with van der Waals surface area (Å²) in [7, 11) is 1.58. The Hall–Kier alpha value is -1.75. The molecule has 0 aliphatic heterocycles. The highest BCUT2D eigenvalue weighted by Crippen LogP contribution is 2.29. The summed E-state index contributed by atoms with van der Waals surface area (Å²) in [5.41, 5.74) is 6.81. The Balaban J connectivity index is 1.91. The van der Waals surface area contributed by atoms with Crippen LogP contribution >= 0.6 is 0 Å². The first-order chi connectivity index (χ1) is 10.1. The van der Waals surface area contributed by atoms with Crippen molar-refractivity contribution in [3.05, 3.63) is 23.8 Å². The number of ether oxygens (including phenoxy) is 2. The number of nitrogens with two attached hydrogens (primary N) is 1. The van der Waals surface area contributed by atoms with Crippen LogP contribution in [0.2, 0.25) is 0 Å². The summed E-state index contributed by atoms with van der Waals surface area (Å²) in [6.45, 7) is 1.91. The molecule has 0 aromatic heterocycles. The van der Waals surface area contributed by atoms with Crippen LogP contribution in [0, 0.1) is 0 Å². The molecule has 0 spiro atoms. The number of nitrogens with one attached hydrogen (secondary N) is 1. The minimum Gasteiger partial charge on any atom is -0.493 e. The van der Waals surface area contributed by atoms with E-state index in [1.165, 1.54) is 12.8 Å². The van der Waals surface area contributed by atoms with Gasteiger partial charge in [-0.3, -0.25) is 4.79 Å². The van der Waals surface area contributed by atoms with Crippen molar-refractivity contribution in [3.63, 3.8) is 0 Å². The van der Waals surface area contributed by atoms with E-state index >= 15 is 0 Å². The van der Waals surface area contributed by atoms with Crippen LogP contribution in [-0.4, -0.2) is 25.7 Å². The standard InChI is InChI=1S/C16H24N2O3/c1-11(17)12-7-8-14(15(9-12)20-2)21-10-16(19)18-13-5-3-4-6-13/h7-9,11,13H,3-6,10,17H2,1-2H3,(H,18,19). The van der Waals surface area contributed by atoms with Gasteiger partial charge in [-0.15, -0.1) is 0 Å². The van der Waals surface area contributed by atoms with E-state index in [1.807, 2.05) is 19.1 Å². The Morgan fingerprint density at radius 1 is 1.38 bits per heavy atom. The van der Waals surface area contributed by atoms with Crippen molar-refractivity contribution in [3.8, 4) is 11.5 Å². The molecular formula is C16H24N2O3. The summed E-state index contributed by atoms with van der Waals surface area (Å²) in [6.07, 6.45) is 4.52. The van der Waals surface area contributed by atoms with Gasteiger partial charge in [0.25, 0.3) is 5.91 Å². The molecule has 0 saturated heterocycles. The number of carbonyl (C=O) groups is 1. The normalized spacial score (nSPS) is 16.5. The van der Waals surface area contributed by atoms with Crippen molar-refractivity contribution in [2.24, 2.45) is 5.73 Å². The second-order valence-electron chi connectivity index (χ2n) is 5.54. The Morgan fingerprint density at radius 2 is 2.10 bits per heavy atom. The van der Waals surface area contributed by atoms with Gasteiger partial charge in [-0.1, -0.05) is 18.9 Å². The predicted molar refractivity (Wildman–Crippen MR) is 81.5 cm³/mol. The number of benzene rings is 1. The zero-order valence-corrected chi connectivity index (χ0v) is 12.7. The third-order valence-electron chi connectivity index (χ3n) is 3.79. The first-order valence-electron chi connectivity index (χ1n) is 7.46. The molecule has 3 N–H and O–H groups in total. The third-order valence-corrected chi connectivity index (χ3v) is 3.79. The van der Waals surface area contributed by atoms with Gasteiger partial charge in [0.05, 0.1) is 7.11 Å². The minimum absolute atomic E-state index is 0.00435. The fourth-order valence-corrected chi connectivity index (χ4v) is 2.57. The lowest BCUT2D eigenvalue weighted by atomic mass is 10.1. The topological polar surface area (TPSA) is 73.6 Å². The van der Waals surface area contributed by atoms with E-state index < -0.39 is 0 Å². The van der Waals surface area contributed by atoms with Gasteiger partial charge in [-0.25, -0.2) is 0 Å². The van der Waals surface area contributed by atoms with Crippen LogP contribution in [0.5, 0.6) is 11.5 Å². The molecule has 1 saturated carbocycles. The van der Waals surface area contributed by atoms with Gasteiger partial charge < -0.3 is 20.5 Å². The molecule has 1 amide bonds. The molecular weight excluding hydrogens is 268 g/mol. The molecule has 1 aliphatic carbocycles. The summed E-state index contributed by atoms with van der Waals surface area (Å²) in [6, 6.07) is 5.76. The van der Waals surface area contributed by atoms with Crippen molar-refractivity contribution in [2.45, 2.75) is 44.7 Å². The van der Waals surface area contributed by atoms with Crippen LogP contribution in [0.4, 0.5) is 0 Å². The smallest absolute Gasteiger partial charge is 0.258 e. The maximum absolute atomic E-state index is 11.9. The molecule has 1 fully saturated rings. The molecule has 5 nitrogen and oxygen atoms in total. The molecule has 0 heterocycles. The Kier molecular flexibility index (Phi) is 5.44. The fourth-order valence-electron chi connectivity index (χ4n) is 2.57. The van der Waals surface area contributed by atoms with Crippen LogP contribution in [0.25, 0.3) is 0 Å². The zero-order chi connectivity index (χ0) is 15.2. The van der Waals surface area contributed by atoms with Crippen LogP contribution in [-0.2, 0) is 4.79 Å². The number of hydrogen-bond donors (Lipinski definition) is 2.